The largest absolute Gasteiger partial charge is 0.339 e. The molecule has 1 heterocycles. The quantitative estimate of drug-likeness (QED) is 0.870. The van der Waals surface area contributed by atoms with Gasteiger partial charge in [-0.1, -0.05) is 30.1 Å². The first kappa shape index (κ1) is 15.9. The molecule has 2 aromatic rings. The minimum absolute atomic E-state index is 0.0452. The summed E-state index contributed by atoms with van der Waals surface area (Å²) in [5.41, 5.74) is 6.37. The van der Waals surface area contributed by atoms with E-state index in [9.17, 15) is 4.39 Å². The summed E-state index contributed by atoms with van der Waals surface area (Å²) < 4.78 is 18.4. The maximum atomic E-state index is 13.1. The van der Waals surface area contributed by atoms with E-state index in [1.807, 2.05) is 13.8 Å². The number of hydrogen-bond acceptors (Lipinski definition) is 4. The van der Waals surface area contributed by atoms with Crippen LogP contribution in [0.15, 0.2) is 22.7 Å². The van der Waals surface area contributed by atoms with Crippen molar-refractivity contribution in [3.63, 3.8) is 0 Å². The molecular weight excluding hydrogens is 293 g/mol. The van der Waals surface area contributed by atoms with E-state index in [1.54, 1.807) is 6.07 Å². The minimum atomic E-state index is -0.464. The van der Waals surface area contributed by atoms with Crippen LogP contribution in [0, 0.1) is 5.82 Å². The van der Waals surface area contributed by atoms with Gasteiger partial charge < -0.3 is 10.3 Å². The van der Waals surface area contributed by atoms with E-state index in [-0.39, 0.29) is 17.0 Å². The summed E-state index contributed by atoms with van der Waals surface area (Å²) in [6.07, 6.45) is 2.92. The van der Waals surface area contributed by atoms with Gasteiger partial charge in [0, 0.05) is 17.5 Å². The molecule has 2 unspecified atom stereocenters. The van der Waals surface area contributed by atoms with Crippen LogP contribution in [0.1, 0.15) is 44.9 Å². The van der Waals surface area contributed by atoms with Crippen LogP contribution in [0.4, 0.5) is 4.39 Å². The molecule has 0 bridgehead atoms. The van der Waals surface area contributed by atoms with E-state index in [0.29, 0.717) is 17.3 Å². The fourth-order valence-corrected chi connectivity index (χ4v) is 2.24. The summed E-state index contributed by atoms with van der Waals surface area (Å²) in [5, 5.41) is 3.97. The van der Waals surface area contributed by atoms with Crippen molar-refractivity contribution in [1.29, 1.82) is 0 Å². The highest BCUT2D eigenvalue weighted by atomic mass is 35.5. The van der Waals surface area contributed by atoms with Crippen molar-refractivity contribution >= 4 is 11.6 Å². The van der Waals surface area contributed by atoms with Crippen molar-refractivity contribution in [1.82, 2.24) is 10.1 Å². The van der Waals surface area contributed by atoms with Crippen molar-refractivity contribution in [3.05, 3.63) is 34.9 Å². The minimum Gasteiger partial charge on any atom is -0.339 e. The van der Waals surface area contributed by atoms with Gasteiger partial charge in [-0.3, -0.25) is 0 Å². The second-order valence-corrected chi connectivity index (χ2v) is 5.80. The summed E-state index contributed by atoms with van der Waals surface area (Å²) >= 11 is 5.76. The Kier molecular flexibility index (Phi) is 5.31. The summed E-state index contributed by atoms with van der Waals surface area (Å²) in [5.74, 6) is 0.704. The van der Waals surface area contributed by atoms with Crippen LogP contribution in [0.2, 0.25) is 5.02 Å². The van der Waals surface area contributed by atoms with Crippen LogP contribution in [0.5, 0.6) is 0 Å². The molecule has 1 aromatic carbocycles. The molecule has 0 spiro atoms. The number of benzene rings is 1. The Hall–Kier alpha value is -1.46. The lowest BCUT2D eigenvalue weighted by Gasteiger charge is -2.07. The number of nitrogens with two attached hydrogens (primary N) is 1. The molecule has 114 valence electrons. The van der Waals surface area contributed by atoms with Crippen LogP contribution in [0.3, 0.4) is 0 Å². The molecule has 0 aliphatic carbocycles. The highest BCUT2D eigenvalue weighted by molar-refractivity contribution is 6.31. The Morgan fingerprint density at radius 1 is 1.33 bits per heavy atom. The second kappa shape index (κ2) is 7.00. The van der Waals surface area contributed by atoms with E-state index in [4.69, 9.17) is 21.9 Å². The molecule has 2 atom stereocenters. The van der Waals surface area contributed by atoms with Gasteiger partial charge in [0.15, 0.2) is 0 Å². The predicted molar refractivity (Wildman–Crippen MR) is 80.6 cm³/mol. The van der Waals surface area contributed by atoms with Crippen LogP contribution < -0.4 is 5.73 Å². The topological polar surface area (TPSA) is 64.9 Å². The normalized spacial score (nSPS) is 14.1. The van der Waals surface area contributed by atoms with Gasteiger partial charge in [0.25, 0.3) is 0 Å². The van der Waals surface area contributed by atoms with E-state index in [0.717, 1.165) is 19.3 Å². The van der Waals surface area contributed by atoms with Gasteiger partial charge in [-0.2, -0.15) is 4.98 Å². The SMILES string of the molecule is CC(N)CCCC(C)c1nc(-c2ccc(F)c(Cl)c2)no1. The van der Waals surface area contributed by atoms with Crippen LogP contribution in [0.25, 0.3) is 11.4 Å². The first-order chi connectivity index (χ1) is 9.97. The lowest BCUT2D eigenvalue weighted by molar-refractivity contribution is 0.350. The predicted octanol–water partition coefficient (Wildman–Crippen LogP) is 4.15. The molecule has 4 nitrogen and oxygen atoms in total. The molecule has 21 heavy (non-hydrogen) atoms. The van der Waals surface area contributed by atoms with Gasteiger partial charge in [0.2, 0.25) is 11.7 Å². The third-order valence-corrected chi connectivity index (χ3v) is 3.63. The molecule has 0 amide bonds. The van der Waals surface area contributed by atoms with Gasteiger partial charge >= 0.3 is 0 Å². The number of hydrogen-bond donors (Lipinski definition) is 1. The first-order valence-corrected chi connectivity index (χ1v) is 7.39. The Balaban J connectivity index is 2.05. The standard InChI is InChI=1S/C15H19ClFN3O/c1-9(4-3-5-10(2)18)15-19-14(20-21-15)11-6-7-13(17)12(16)8-11/h6-10H,3-5,18H2,1-2H3. The molecular formula is C15H19ClFN3O. The molecule has 0 saturated heterocycles. The van der Waals surface area contributed by atoms with E-state index in [2.05, 4.69) is 10.1 Å². The van der Waals surface area contributed by atoms with E-state index in [1.165, 1.54) is 12.1 Å². The fraction of sp³-hybridized carbons (Fsp3) is 0.467. The molecule has 6 heteroatoms. The van der Waals surface area contributed by atoms with Crippen molar-refractivity contribution in [2.45, 2.75) is 45.1 Å². The van der Waals surface area contributed by atoms with Gasteiger partial charge in [-0.05, 0) is 38.0 Å². The van der Waals surface area contributed by atoms with Gasteiger partial charge in [-0.25, -0.2) is 4.39 Å². The molecule has 0 fully saturated rings. The lowest BCUT2D eigenvalue weighted by atomic mass is 10.0. The van der Waals surface area contributed by atoms with Crippen LogP contribution >= 0.6 is 11.6 Å². The van der Waals surface area contributed by atoms with Crippen molar-refractivity contribution in [3.8, 4) is 11.4 Å². The lowest BCUT2D eigenvalue weighted by Crippen LogP contribution is -2.14. The number of halogens is 2. The highest BCUT2D eigenvalue weighted by Crippen LogP contribution is 2.26. The summed E-state index contributed by atoms with van der Waals surface area (Å²) in [6.45, 7) is 4.03. The molecule has 2 rings (SSSR count). The number of aromatic nitrogens is 2. The highest BCUT2D eigenvalue weighted by Gasteiger charge is 2.16. The maximum Gasteiger partial charge on any atom is 0.229 e. The fourth-order valence-electron chi connectivity index (χ4n) is 2.06. The van der Waals surface area contributed by atoms with Gasteiger partial charge in [0.1, 0.15) is 5.82 Å². The zero-order valence-electron chi connectivity index (χ0n) is 12.1. The van der Waals surface area contributed by atoms with E-state index < -0.39 is 5.82 Å². The Bertz CT molecular complexity index is 600. The smallest absolute Gasteiger partial charge is 0.229 e. The molecule has 0 saturated carbocycles. The third-order valence-electron chi connectivity index (χ3n) is 3.34. The Labute approximate surface area is 128 Å². The second-order valence-electron chi connectivity index (χ2n) is 5.39. The number of nitrogens with zero attached hydrogens (tertiary/aromatic N) is 2. The monoisotopic (exact) mass is 311 g/mol. The summed E-state index contributed by atoms with van der Waals surface area (Å²) in [7, 11) is 0. The Morgan fingerprint density at radius 3 is 2.76 bits per heavy atom. The zero-order chi connectivity index (χ0) is 15.4. The molecule has 1 aromatic heterocycles. The first-order valence-electron chi connectivity index (χ1n) is 7.02. The number of rotatable bonds is 6. The summed E-state index contributed by atoms with van der Waals surface area (Å²) in [4.78, 5) is 4.36. The molecule has 0 aliphatic rings. The molecule has 2 N–H and O–H groups in total. The van der Waals surface area contributed by atoms with E-state index >= 15 is 0 Å². The average molecular weight is 312 g/mol. The van der Waals surface area contributed by atoms with Crippen LogP contribution in [-0.2, 0) is 0 Å². The van der Waals surface area contributed by atoms with Crippen molar-refractivity contribution < 1.29 is 8.91 Å². The molecule has 0 aliphatic heterocycles. The van der Waals surface area contributed by atoms with Gasteiger partial charge in [0.05, 0.1) is 5.02 Å². The zero-order valence-corrected chi connectivity index (χ0v) is 12.9. The maximum absolute atomic E-state index is 13.1. The van der Waals surface area contributed by atoms with Crippen molar-refractivity contribution in [2.24, 2.45) is 5.73 Å². The summed E-state index contributed by atoms with van der Waals surface area (Å²) in [6, 6.07) is 4.57. The Morgan fingerprint density at radius 2 is 2.10 bits per heavy atom. The third kappa shape index (κ3) is 4.25. The van der Waals surface area contributed by atoms with Crippen LogP contribution in [-0.4, -0.2) is 16.2 Å². The van der Waals surface area contributed by atoms with Gasteiger partial charge in [-0.15, -0.1) is 0 Å². The average Bonchev–Trinajstić information content (AvgIpc) is 2.91. The van der Waals surface area contributed by atoms with Crippen molar-refractivity contribution in [2.75, 3.05) is 0 Å². The molecule has 0 radical (unpaired) electrons.